The first-order valence-corrected chi connectivity index (χ1v) is 9.21. The molecule has 3 rings (SSSR count). The van der Waals surface area contributed by atoms with Crippen LogP contribution >= 0.6 is 23.2 Å². The quantitative estimate of drug-likeness (QED) is 0.852. The van der Waals surface area contributed by atoms with Crippen molar-refractivity contribution < 1.29 is 9.53 Å². The van der Waals surface area contributed by atoms with E-state index in [1.165, 1.54) is 0 Å². The first-order chi connectivity index (χ1) is 12.5. The lowest BCUT2D eigenvalue weighted by Gasteiger charge is -2.37. The summed E-state index contributed by atoms with van der Waals surface area (Å²) >= 11 is 12.1. The number of nitrogens with two attached hydrogens (primary N) is 1. The largest absolute Gasteiger partial charge is 0.436 e. The van der Waals surface area contributed by atoms with Gasteiger partial charge in [0.15, 0.2) is 5.69 Å². The van der Waals surface area contributed by atoms with Crippen LogP contribution in [0.2, 0.25) is 10.0 Å². The Hall–Kier alpha value is -1.89. The minimum atomic E-state index is -0.160. The highest BCUT2D eigenvalue weighted by Crippen LogP contribution is 2.33. The summed E-state index contributed by atoms with van der Waals surface area (Å²) in [6.45, 7) is 3.30. The van der Waals surface area contributed by atoms with Gasteiger partial charge in [-0.3, -0.25) is 4.79 Å². The Morgan fingerprint density at radius 1 is 1.31 bits per heavy atom. The van der Waals surface area contributed by atoms with E-state index >= 15 is 0 Å². The van der Waals surface area contributed by atoms with Crippen LogP contribution < -0.4 is 10.5 Å². The van der Waals surface area contributed by atoms with Crippen LogP contribution in [0.15, 0.2) is 30.3 Å². The molecule has 1 aromatic heterocycles. The summed E-state index contributed by atoms with van der Waals surface area (Å²) in [6, 6.07) is 8.28. The Morgan fingerprint density at radius 3 is 2.81 bits per heavy atom. The zero-order valence-electron chi connectivity index (χ0n) is 14.4. The molecule has 1 amide bonds. The number of likely N-dealkylation sites (tertiary alicyclic amines) is 1. The zero-order chi connectivity index (χ0) is 18.7. The number of piperidine rings is 1. The van der Waals surface area contributed by atoms with E-state index in [1.54, 1.807) is 35.2 Å². The molecular formula is C18H20Cl2N4O2. The van der Waals surface area contributed by atoms with Crippen molar-refractivity contribution in [3.63, 3.8) is 0 Å². The number of aromatic nitrogens is 2. The molecule has 0 aliphatic carbocycles. The van der Waals surface area contributed by atoms with E-state index in [4.69, 9.17) is 33.7 Å². The van der Waals surface area contributed by atoms with Crippen LogP contribution in [0, 0.1) is 5.92 Å². The molecule has 2 unspecified atom stereocenters. The summed E-state index contributed by atoms with van der Waals surface area (Å²) in [4.78, 5) is 14.5. The normalized spacial score (nSPS) is 20.1. The number of carbonyl (C=O) groups excluding carboxylic acids is 1. The fourth-order valence-corrected chi connectivity index (χ4v) is 3.38. The molecule has 2 aromatic rings. The maximum absolute atomic E-state index is 12.7. The van der Waals surface area contributed by atoms with Crippen molar-refractivity contribution in [2.24, 2.45) is 11.7 Å². The average molecular weight is 395 g/mol. The molecule has 138 valence electrons. The fraction of sp³-hybridized carbons (Fsp3) is 0.389. The van der Waals surface area contributed by atoms with Crippen molar-refractivity contribution in [2.75, 3.05) is 13.1 Å². The molecule has 1 saturated heterocycles. The number of benzene rings is 1. The third-order valence-corrected chi connectivity index (χ3v) is 5.30. The molecule has 6 nitrogen and oxygen atoms in total. The molecule has 26 heavy (non-hydrogen) atoms. The smallest absolute Gasteiger partial charge is 0.274 e. The number of hydrogen-bond acceptors (Lipinski definition) is 5. The van der Waals surface area contributed by atoms with Gasteiger partial charge >= 0.3 is 0 Å². The average Bonchev–Trinajstić information content (AvgIpc) is 2.65. The molecule has 8 heteroatoms. The van der Waals surface area contributed by atoms with Crippen LogP contribution in [0.4, 0.5) is 0 Å². The summed E-state index contributed by atoms with van der Waals surface area (Å²) in [7, 11) is 0. The summed E-state index contributed by atoms with van der Waals surface area (Å²) in [6.07, 6.45) is 1.87. The van der Waals surface area contributed by atoms with Crippen molar-refractivity contribution in [2.45, 2.75) is 25.8 Å². The number of nitrogens with zero attached hydrogens (tertiary/aromatic N) is 3. The predicted molar refractivity (Wildman–Crippen MR) is 101 cm³/mol. The first kappa shape index (κ1) is 18.9. The predicted octanol–water partition coefficient (Wildman–Crippen LogP) is 3.78. The molecule has 2 N–H and O–H groups in total. The van der Waals surface area contributed by atoms with Gasteiger partial charge in [-0.05, 0) is 37.0 Å². The van der Waals surface area contributed by atoms with Gasteiger partial charge in [0, 0.05) is 25.2 Å². The lowest BCUT2D eigenvalue weighted by Crippen LogP contribution is -2.49. The van der Waals surface area contributed by atoms with E-state index in [-0.39, 0.29) is 23.5 Å². The Kier molecular flexibility index (Phi) is 5.96. The van der Waals surface area contributed by atoms with Gasteiger partial charge in [-0.25, -0.2) is 0 Å². The Labute approximate surface area is 162 Å². The van der Waals surface area contributed by atoms with Gasteiger partial charge in [0.1, 0.15) is 10.8 Å². The molecule has 0 bridgehead atoms. The molecule has 0 radical (unpaired) electrons. The van der Waals surface area contributed by atoms with Gasteiger partial charge in [-0.1, -0.05) is 36.2 Å². The number of carbonyl (C=O) groups is 1. The summed E-state index contributed by atoms with van der Waals surface area (Å²) in [5, 5.41) is 8.66. The van der Waals surface area contributed by atoms with Crippen LogP contribution in [-0.4, -0.2) is 40.1 Å². The van der Waals surface area contributed by atoms with Gasteiger partial charge in [0.05, 0.1) is 5.02 Å². The van der Waals surface area contributed by atoms with E-state index < -0.39 is 0 Å². The van der Waals surface area contributed by atoms with Gasteiger partial charge in [-0.2, -0.15) is 0 Å². The van der Waals surface area contributed by atoms with Crippen molar-refractivity contribution >= 4 is 29.1 Å². The Balaban J connectivity index is 1.72. The van der Waals surface area contributed by atoms with Crippen LogP contribution in [0.5, 0.6) is 11.6 Å². The van der Waals surface area contributed by atoms with E-state index in [0.717, 1.165) is 12.8 Å². The highest BCUT2D eigenvalue weighted by molar-refractivity contribution is 6.42. The first-order valence-electron chi connectivity index (χ1n) is 8.46. The maximum atomic E-state index is 12.7. The second-order valence-corrected chi connectivity index (χ2v) is 7.21. The van der Waals surface area contributed by atoms with Crippen LogP contribution in [0.1, 0.15) is 30.3 Å². The van der Waals surface area contributed by atoms with E-state index in [0.29, 0.717) is 34.8 Å². The molecule has 2 atom stereocenters. The van der Waals surface area contributed by atoms with E-state index in [2.05, 4.69) is 17.1 Å². The lowest BCUT2D eigenvalue weighted by molar-refractivity contribution is 0.0566. The Morgan fingerprint density at radius 2 is 2.12 bits per heavy atom. The van der Waals surface area contributed by atoms with E-state index in [9.17, 15) is 4.79 Å². The number of rotatable bonds is 4. The molecule has 0 saturated carbocycles. The number of amides is 1. The van der Waals surface area contributed by atoms with E-state index in [1.807, 2.05) is 0 Å². The van der Waals surface area contributed by atoms with Crippen molar-refractivity contribution in [3.8, 4) is 11.6 Å². The van der Waals surface area contributed by atoms with Crippen LogP contribution in [-0.2, 0) is 0 Å². The van der Waals surface area contributed by atoms with Crippen molar-refractivity contribution in [3.05, 3.63) is 46.1 Å². The molecule has 1 aliphatic heterocycles. The second-order valence-electron chi connectivity index (χ2n) is 6.43. The third kappa shape index (κ3) is 4.09. The minimum absolute atomic E-state index is 0.0363. The van der Waals surface area contributed by atoms with Gasteiger partial charge in [-0.15, -0.1) is 10.2 Å². The van der Waals surface area contributed by atoms with Gasteiger partial charge in [0.2, 0.25) is 5.88 Å². The van der Waals surface area contributed by atoms with Gasteiger partial charge < -0.3 is 15.4 Å². The number of halogens is 2. The molecule has 1 fully saturated rings. The highest BCUT2D eigenvalue weighted by Gasteiger charge is 2.30. The fourth-order valence-electron chi connectivity index (χ4n) is 3.05. The van der Waals surface area contributed by atoms with Crippen LogP contribution in [0.25, 0.3) is 0 Å². The summed E-state index contributed by atoms with van der Waals surface area (Å²) in [5.74, 6) is 1.01. The van der Waals surface area contributed by atoms with Gasteiger partial charge in [0.25, 0.3) is 5.91 Å². The number of hydrogen-bond donors (Lipinski definition) is 1. The minimum Gasteiger partial charge on any atom is -0.436 e. The lowest BCUT2D eigenvalue weighted by atomic mass is 9.92. The zero-order valence-corrected chi connectivity index (χ0v) is 15.9. The van der Waals surface area contributed by atoms with Crippen molar-refractivity contribution in [1.29, 1.82) is 0 Å². The second kappa shape index (κ2) is 8.20. The monoisotopic (exact) mass is 394 g/mol. The summed E-state index contributed by atoms with van der Waals surface area (Å²) < 4.78 is 5.59. The molecule has 1 aliphatic rings. The third-order valence-electron chi connectivity index (χ3n) is 4.50. The molecule has 0 spiro atoms. The SMILES string of the molecule is CC1CCN(C(=O)c2ccc(Oc3cccc(Cl)c3Cl)nn2)C(CN)C1. The molecular weight excluding hydrogens is 375 g/mol. The summed E-state index contributed by atoms with van der Waals surface area (Å²) in [5.41, 5.74) is 6.10. The Bertz CT molecular complexity index is 785. The highest BCUT2D eigenvalue weighted by atomic mass is 35.5. The molecule has 1 aromatic carbocycles. The van der Waals surface area contributed by atoms with Crippen molar-refractivity contribution in [1.82, 2.24) is 15.1 Å². The number of ether oxygens (including phenoxy) is 1. The topological polar surface area (TPSA) is 81.3 Å². The maximum Gasteiger partial charge on any atom is 0.274 e. The van der Waals surface area contributed by atoms with Crippen LogP contribution in [0.3, 0.4) is 0 Å². The molecule has 2 heterocycles. The standard InChI is InChI=1S/C18H20Cl2N4O2/c1-11-7-8-24(12(9-11)10-21)18(25)14-5-6-16(23-22-14)26-15-4-2-3-13(19)17(15)20/h2-6,11-12H,7-10,21H2,1H3.